The minimum absolute atomic E-state index is 0.0879. The Labute approximate surface area is 121 Å². The van der Waals surface area contributed by atoms with E-state index < -0.39 is 14.6 Å². The molecule has 0 aliphatic heterocycles. The molecule has 0 saturated carbocycles. The molecule has 0 aromatic heterocycles. The van der Waals surface area contributed by atoms with Crippen LogP contribution in [0.3, 0.4) is 0 Å². The van der Waals surface area contributed by atoms with Crippen LogP contribution in [0, 0.1) is 0 Å². The van der Waals surface area contributed by atoms with Gasteiger partial charge in [0.05, 0.1) is 6.61 Å². The van der Waals surface area contributed by atoms with E-state index in [9.17, 15) is 9.13 Å². The molecule has 1 atom stereocenters. The van der Waals surface area contributed by atoms with E-state index in [4.69, 9.17) is 14.7 Å². The smallest absolute Gasteiger partial charge is 0.316 e. The molecule has 0 heterocycles. The zero-order valence-electron chi connectivity index (χ0n) is 12.2. The van der Waals surface area contributed by atoms with E-state index in [1.54, 1.807) is 0 Å². The van der Waals surface area contributed by atoms with E-state index in [1.807, 2.05) is 0 Å². The standard InChI is InChI=1S/C12H28O6P2/c1-2-3-4-5-6-7-8-9-10-11-12-18-20(16,17)19(13,14)15/h2-12H2,1H3,(H,16,17)(H2,13,14,15). The topological polar surface area (TPSA) is 104 Å². The van der Waals surface area contributed by atoms with Gasteiger partial charge in [0.1, 0.15) is 0 Å². The maximum atomic E-state index is 11.1. The summed E-state index contributed by atoms with van der Waals surface area (Å²) < 4.78 is 26.1. The Hall–Kier alpha value is 0.300. The van der Waals surface area contributed by atoms with Crippen molar-refractivity contribution in [2.75, 3.05) is 6.61 Å². The van der Waals surface area contributed by atoms with Crippen molar-refractivity contribution < 1.29 is 28.3 Å². The lowest BCUT2D eigenvalue weighted by molar-refractivity contribution is 0.252. The Morgan fingerprint density at radius 2 is 1.15 bits per heavy atom. The molecule has 0 aliphatic carbocycles. The van der Waals surface area contributed by atoms with Crippen LogP contribution in [0.2, 0.25) is 0 Å². The lowest BCUT2D eigenvalue weighted by Crippen LogP contribution is -1.94. The molecular weight excluding hydrogens is 302 g/mol. The molecule has 0 fully saturated rings. The lowest BCUT2D eigenvalue weighted by Gasteiger charge is -2.12. The predicted molar refractivity (Wildman–Crippen MR) is 79.7 cm³/mol. The number of hydrogen-bond acceptors (Lipinski definition) is 3. The Kier molecular flexibility index (Phi) is 11.1. The van der Waals surface area contributed by atoms with Crippen molar-refractivity contribution in [3.63, 3.8) is 0 Å². The first-order chi connectivity index (χ1) is 9.31. The summed E-state index contributed by atoms with van der Waals surface area (Å²) in [6, 6.07) is 0. The zero-order chi connectivity index (χ0) is 15.5. The van der Waals surface area contributed by atoms with Gasteiger partial charge in [0.2, 0.25) is 0 Å². The van der Waals surface area contributed by atoms with E-state index >= 15 is 0 Å². The van der Waals surface area contributed by atoms with Crippen LogP contribution in [-0.4, -0.2) is 21.3 Å². The van der Waals surface area contributed by atoms with Crippen molar-refractivity contribution in [1.82, 2.24) is 0 Å². The van der Waals surface area contributed by atoms with Crippen molar-refractivity contribution in [1.29, 1.82) is 0 Å². The van der Waals surface area contributed by atoms with Gasteiger partial charge < -0.3 is 19.2 Å². The highest BCUT2D eigenvalue weighted by Crippen LogP contribution is 2.74. The second-order valence-electron chi connectivity index (χ2n) is 5.02. The number of hydrogen-bond donors (Lipinski definition) is 3. The average molecular weight is 330 g/mol. The van der Waals surface area contributed by atoms with Gasteiger partial charge in [0, 0.05) is 0 Å². The molecule has 1 unspecified atom stereocenters. The highest BCUT2D eigenvalue weighted by atomic mass is 32.1. The van der Waals surface area contributed by atoms with Crippen LogP contribution in [0.5, 0.6) is 0 Å². The molecule has 6 nitrogen and oxygen atoms in total. The Balaban J connectivity index is 3.38. The monoisotopic (exact) mass is 330 g/mol. The first-order valence-electron chi connectivity index (χ1n) is 7.34. The van der Waals surface area contributed by atoms with Gasteiger partial charge in [-0.2, -0.15) is 0 Å². The lowest BCUT2D eigenvalue weighted by atomic mass is 10.1. The summed E-state index contributed by atoms with van der Waals surface area (Å²) in [7, 11) is -9.85. The van der Waals surface area contributed by atoms with Crippen molar-refractivity contribution in [2.45, 2.75) is 71.1 Å². The maximum absolute atomic E-state index is 11.1. The highest BCUT2D eigenvalue weighted by molar-refractivity contribution is 8.26. The molecule has 0 aromatic rings. The van der Waals surface area contributed by atoms with Crippen LogP contribution in [0.1, 0.15) is 71.1 Å². The van der Waals surface area contributed by atoms with Crippen LogP contribution in [0.4, 0.5) is 0 Å². The van der Waals surface area contributed by atoms with Crippen molar-refractivity contribution in [3.05, 3.63) is 0 Å². The molecule has 0 radical (unpaired) electrons. The third-order valence-electron chi connectivity index (χ3n) is 3.09. The number of unbranched alkanes of at least 4 members (excludes halogenated alkanes) is 9. The van der Waals surface area contributed by atoms with E-state index in [0.717, 1.165) is 19.3 Å². The fraction of sp³-hybridized carbons (Fsp3) is 1.00. The molecule has 20 heavy (non-hydrogen) atoms. The van der Waals surface area contributed by atoms with Gasteiger partial charge in [0.15, 0.2) is 0 Å². The van der Waals surface area contributed by atoms with E-state index in [2.05, 4.69) is 11.4 Å². The van der Waals surface area contributed by atoms with Crippen molar-refractivity contribution >= 4 is 14.6 Å². The molecule has 3 N–H and O–H groups in total. The van der Waals surface area contributed by atoms with Gasteiger partial charge in [-0.15, -0.1) is 0 Å². The molecule has 0 aliphatic rings. The first kappa shape index (κ1) is 20.3. The van der Waals surface area contributed by atoms with Crippen LogP contribution in [0.15, 0.2) is 0 Å². The maximum Gasteiger partial charge on any atom is 0.438 e. The Morgan fingerprint density at radius 1 is 0.750 bits per heavy atom. The molecule has 0 rings (SSSR count). The fourth-order valence-corrected chi connectivity index (χ4v) is 3.06. The largest absolute Gasteiger partial charge is 0.438 e. The normalized spacial score (nSPS) is 15.2. The fourth-order valence-electron chi connectivity index (χ4n) is 1.85. The Bertz CT molecular complexity index is 328. The minimum Gasteiger partial charge on any atom is -0.316 e. The molecule has 0 amide bonds. The minimum atomic E-state index is -5.06. The molecular formula is C12H28O6P2. The van der Waals surface area contributed by atoms with E-state index in [-0.39, 0.29) is 6.61 Å². The average Bonchev–Trinajstić information content (AvgIpc) is 2.34. The predicted octanol–water partition coefficient (Wildman–Crippen LogP) is 4.20. The quantitative estimate of drug-likeness (QED) is 0.345. The molecule has 0 saturated heterocycles. The van der Waals surface area contributed by atoms with Crippen LogP contribution < -0.4 is 0 Å². The molecule has 122 valence electrons. The van der Waals surface area contributed by atoms with Gasteiger partial charge in [-0.05, 0) is 6.42 Å². The van der Waals surface area contributed by atoms with Crippen LogP contribution in [0.25, 0.3) is 0 Å². The highest BCUT2D eigenvalue weighted by Gasteiger charge is 2.41. The molecule has 8 heteroatoms. The van der Waals surface area contributed by atoms with Gasteiger partial charge in [-0.25, -0.2) is 9.13 Å². The van der Waals surface area contributed by atoms with E-state index in [1.165, 1.54) is 38.5 Å². The summed E-state index contributed by atoms with van der Waals surface area (Å²) in [5, 5.41) is 0. The van der Waals surface area contributed by atoms with Crippen molar-refractivity contribution in [2.24, 2.45) is 0 Å². The third-order valence-corrected chi connectivity index (χ3v) is 6.59. The summed E-state index contributed by atoms with van der Waals surface area (Å²) >= 11 is 0. The second-order valence-corrected chi connectivity index (χ2v) is 10.4. The van der Waals surface area contributed by atoms with Gasteiger partial charge in [0.25, 0.3) is 0 Å². The van der Waals surface area contributed by atoms with Crippen LogP contribution >= 0.6 is 14.6 Å². The van der Waals surface area contributed by atoms with Gasteiger partial charge >= 0.3 is 14.6 Å². The number of rotatable bonds is 13. The Morgan fingerprint density at radius 3 is 1.55 bits per heavy atom. The first-order valence-corrected chi connectivity index (χ1v) is 11.2. The summed E-state index contributed by atoms with van der Waals surface area (Å²) in [6.07, 6.45) is 11.1. The second kappa shape index (κ2) is 10.9. The molecule has 0 bridgehead atoms. The zero-order valence-corrected chi connectivity index (χ0v) is 14.0. The molecule has 0 aromatic carbocycles. The summed E-state index contributed by atoms with van der Waals surface area (Å²) in [6.45, 7) is 2.11. The third kappa shape index (κ3) is 10.1. The van der Waals surface area contributed by atoms with Gasteiger partial charge in [-0.1, -0.05) is 64.7 Å². The summed E-state index contributed by atoms with van der Waals surface area (Å²) in [5.74, 6) is 0. The van der Waals surface area contributed by atoms with Crippen molar-refractivity contribution in [3.8, 4) is 0 Å². The molecule has 0 spiro atoms. The van der Waals surface area contributed by atoms with Gasteiger partial charge in [-0.3, -0.25) is 0 Å². The van der Waals surface area contributed by atoms with E-state index in [0.29, 0.717) is 6.42 Å². The van der Waals surface area contributed by atoms with Crippen LogP contribution in [-0.2, 0) is 13.7 Å². The summed E-state index contributed by atoms with van der Waals surface area (Å²) in [5.41, 5.74) is 0. The summed E-state index contributed by atoms with van der Waals surface area (Å²) in [4.78, 5) is 26.1. The SMILES string of the molecule is CCCCCCCCCCCCOP(=O)(O)P(=O)(O)O.